The zero-order chi connectivity index (χ0) is 28.8. The average molecular weight is 564 g/mol. The summed E-state index contributed by atoms with van der Waals surface area (Å²) in [5.74, 6) is -0.809. The number of hydrogen-bond donors (Lipinski definition) is 3. The number of imidazole rings is 1. The largest absolute Gasteiger partial charge is 0.405 e. The van der Waals surface area contributed by atoms with Gasteiger partial charge in [-0.05, 0) is 42.0 Å². The van der Waals surface area contributed by atoms with Crippen LogP contribution in [-0.2, 0) is 24.5 Å². The third-order valence-electron chi connectivity index (χ3n) is 6.01. The van der Waals surface area contributed by atoms with Crippen LogP contribution in [0.4, 0.5) is 13.2 Å². The summed E-state index contributed by atoms with van der Waals surface area (Å²) in [7, 11) is 0. The van der Waals surface area contributed by atoms with E-state index in [0.29, 0.717) is 17.2 Å². The van der Waals surface area contributed by atoms with Crippen LogP contribution in [-0.4, -0.2) is 49.5 Å². The summed E-state index contributed by atoms with van der Waals surface area (Å²) in [5, 5.41) is 12.8. The van der Waals surface area contributed by atoms with E-state index in [1.807, 2.05) is 59.9 Å². The molecular weight excluding hydrogens is 539 g/mol. The predicted octanol–water partition coefficient (Wildman–Crippen LogP) is 4.08. The summed E-state index contributed by atoms with van der Waals surface area (Å²) in [5.41, 5.74) is 3.37. The highest BCUT2D eigenvalue weighted by Crippen LogP contribution is 2.18. The van der Waals surface area contributed by atoms with Crippen LogP contribution in [0.2, 0.25) is 0 Å². The minimum Gasteiger partial charge on any atom is -0.370 e. The molecule has 0 fully saturated rings. The van der Waals surface area contributed by atoms with Crippen molar-refractivity contribution in [2.75, 3.05) is 6.54 Å². The second-order valence-corrected chi connectivity index (χ2v) is 9.00. The fourth-order valence-corrected chi connectivity index (χ4v) is 4.03. The van der Waals surface area contributed by atoms with Gasteiger partial charge in [-0.25, -0.2) is 9.67 Å². The number of benzene rings is 3. The van der Waals surface area contributed by atoms with Crippen molar-refractivity contribution < 1.29 is 27.5 Å². The lowest BCUT2D eigenvalue weighted by Crippen LogP contribution is -2.33. The molecule has 2 aromatic heterocycles. The monoisotopic (exact) mass is 563 g/mol. The molecule has 13 heteroatoms. The Morgan fingerprint density at radius 3 is 2.34 bits per heavy atom. The molecule has 10 nitrogen and oxygen atoms in total. The van der Waals surface area contributed by atoms with Crippen molar-refractivity contribution in [1.29, 1.82) is 0 Å². The summed E-state index contributed by atoms with van der Waals surface area (Å²) < 4.78 is 44.6. The molecule has 2 heterocycles. The molecule has 0 radical (unpaired) electrons. The topological polar surface area (TPSA) is 127 Å². The maximum Gasteiger partial charge on any atom is 0.405 e. The van der Waals surface area contributed by atoms with Crippen LogP contribution in [0.15, 0.2) is 78.9 Å². The number of para-hydroxylation sites is 2. The lowest BCUT2D eigenvalue weighted by molar-refractivity contribution is -0.123. The first-order valence-electron chi connectivity index (χ1n) is 12.5. The fourth-order valence-electron chi connectivity index (χ4n) is 4.03. The number of hydrogen-bond acceptors (Lipinski definition) is 6. The SMILES string of the molecule is O=C(NCC(F)(F)F)c1ccc(-n2nnc(C(=O)NCc3nc4ccccc4[nH]3)c2COCc2ccccc2)cc1. The van der Waals surface area contributed by atoms with Crippen LogP contribution in [0.3, 0.4) is 0 Å². The Kier molecular flexibility index (Phi) is 8.06. The van der Waals surface area contributed by atoms with E-state index in [0.717, 1.165) is 16.6 Å². The minimum absolute atomic E-state index is 0.0247. The van der Waals surface area contributed by atoms with Crippen molar-refractivity contribution in [1.82, 2.24) is 35.6 Å². The molecule has 0 spiro atoms. The first-order chi connectivity index (χ1) is 19.8. The summed E-state index contributed by atoms with van der Waals surface area (Å²) >= 11 is 0. The second-order valence-electron chi connectivity index (χ2n) is 9.00. The molecule has 0 aliphatic carbocycles. The number of carbonyl (C=O) groups is 2. The Bertz CT molecular complexity index is 1620. The highest BCUT2D eigenvalue weighted by Gasteiger charge is 2.28. The summed E-state index contributed by atoms with van der Waals surface area (Å²) in [6.45, 7) is -1.08. The summed E-state index contributed by atoms with van der Waals surface area (Å²) in [6, 6.07) is 22.7. The third-order valence-corrected chi connectivity index (χ3v) is 6.01. The zero-order valence-electron chi connectivity index (χ0n) is 21.5. The Morgan fingerprint density at radius 2 is 1.61 bits per heavy atom. The quantitative estimate of drug-likeness (QED) is 0.235. The number of carbonyl (C=O) groups excluding carboxylic acids is 2. The van der Waals surface area contributed by atoms with E-state index in [9.17, 15) is 22.8 Å². The Labute approximate surface area is 231 Å². The molecule has 3 N–H and O–H groups in total. The number of fused-ring (bicyclic) bond motifs is 1. The normalized spacial score (nSPS) is 11.5. The molecule has 5 aromatic rings. The number of ether oxygens (including phenoxy) is 1. The van der Waals surface area contributed by atoms with E-state index in [1.54, 1.807) is 0 Å². The maximum atomic E-state index is 13.2. The highest BCUT2D eigenvalue weighted by molar-refractivity contribution is 5.94. The van der Waals surface area contributed by atoms with E-state index >= 15 is 0 Å². The zero-order valence-corrected chi connectivity index (χ0v) is 21.5. The van der Waals surface area contributed by atoms with Crippen LogP contribution in [0.25, 0.3) is 16.7 Å². The van der Waals surface area contributed by atoms with Gasteiger partial charge in [-0.1, -0.05) is 47.7 Å². The van der Waals surface area contributed by atoms with Gasteiger partial charge >= 0.3 is 6.18 Å². The van der Waals surface area contributed by atoms with Crippen molar-refractivity contribution >= 4 is 22.8 Å². The van der Waals surface area contributed by atoms with E-state index in [1.165, 1.54) is 28.9 Å². The molecule has 210 valence electrons. The standard InChI is InChI=1S/C28H24F3N7O3/c29-28(30,31)17-33-26(39)19-10-12-20(13-11-19)38-23(16-41-15-18-6-2-1-3-7-18)25(36-37-38)27(40)32-14-24-34-21-8-4-5-9-22(21)35-24/h1-13H,14-17H2,(H,32,40)(H,33,39)(H,34,35). The number of aromatic nitrogens is 5. The molecule has 0 unspecified atom stereocenters. The molecule has 3 aromatic carbocycles. The lowest BCUT2D eigenvalue weighted by atomic mass is 10.2. The second kappa shape index (κ2) is 12.0. The van der Waals surface area contributed by atoms with Gasteiger partial charge in [0.05, 0.1) is 36.5 Å². The van der Waals surface area contributed by atoms with Crippen LogP contribution in [0.1, 0.15) is 37.9 Å². The number of halogens is 3. The van der Waals surface area contributed by atoms with Gasteiger partial charge in [0.15, 0.2) is 5.69 Å². The van der Waals surface area contributed by atoms with Gasteiger partial charge in [-0.3, -0.25) is 9.59 Å². The first kappa shape index (κ1) is 27.5. The van der Waals surface area contributed by atoms with E-state index in [-0.39, 0.29) is 31.0 Å². The Morgan fingerprint density at radius 1 is 0.878 bits per heavy atom. The van der Waals surface area contributed by atoms with Crippen molar-refractivity contribution in [3.63, 3.8) is 0 Å². The number of rotatable bonds is 10. The molecule has 2 amide bonds. The van der Waals surface area contributed by atoms with Crippen molar-refractivity contribution in [3.05, 3.63) is 107 Å². The third kappa shape index (κ3) is 6.94. The Balaban J connectivity index is 1.34. The van der Waals surface area contributed by atoms with Crippen molar-refractivity contribution in [2.45, 2.75) is 25.9 Å². The molecule has 0 aliphatic rings. The van der Waals surface area contributed by atoms with Crippen LogP contribution in [0, 0.1) is 0 Å². The average Bonchev–Trinajstić information content (AvgIpc) is 3.59. The highest BCUT2D eigenvalue weighted by atomic mass is 19.4. The van der Waals surface area contributed by atoms with Gasteiger partial charge in [0, 0.05) is 5.56 Å². The first-order valence-corrected chi connectivity index (χ1v) is 12.5. The molecule has 0 bridgehead atoms. The molecule has 0 saturated heterocycles. The molecule has 0 aliphatic heterocycles. The van der Waals surface area contributed by atoms with Gasteiger partial charge in [0.25, 0.3) is 11.8 Å². The number of nitrogens with zero attached hydrogens (tertiary/aromatic N) is 4. The number of H-pyrrole nitrogens is 1. The smallest absolute Gasteiger partial charge is 0.370 e. The molecular formula is C28H24F3N7O3. The van der Waals surface area contributed by atoms with E-state index in [4.69, 9.17) is 4.74 Å². The summed E-state index contributed by atoms with van der Waals surface area (Å²) in [4.78, 5) is 32.9. The van der Waals surface area contributed by atoms with Gasteiger partial charge in [0.2, 0.25) is 0 Å². The van der Waals surface area contributed by atoms with Crippen LogP contribution in [0.5, 0.6) is 0 Å². The van der Waals surface area contributed by atoms with E-state index in [2.05, 4.69) is 25.6 Å². The lowest BCUT2D eigenvalue weighted by Gasteiger charge is -2.11. The number of nitrogens with one attached hydrogen (secondary N) is 3. The minimum atomic E-state index is -4.52. The van der Waals surface area contributed by atoms with E-state index < -0.39 is 24.5 Å². The predicted molar refractivity (Wildman–Crippen MR) is 142 cm³/mol. The molecule has 41 heavy (non-hydrogen) atoms. The number of amides is 2. The fraction of sp³-hybridized carbons (Fsp3) is 0.179. The number of alkyl halides is 3. The van der Waals surface area contributed by atoms with Gasteiger partial charge in [-0.2, -0.15) is 13.2 Å². The molecule has 0 saturated carbocycles. The van der Waals surface area contributed by atoms with Gasteiger partial charge < -0.3 is 20.4 Å². The maximum absolute atomic E-state index is 13.2. The van der Waals surface area contributed by atoms with Crippen LogP contribution < -0.4 is 10.6 Å². The number of aromatic amines is 1. The van der Waals surface area contributed by atoms with Crippen LogP contribution >= 0.6 is 0 Å². The summed E-state index contributed by atoms with van der Waals surface area (Å²) in [6.07, 6.45) is -4.52. The van der Waals surface area contributed by atoms with Crippen molar-refractivity contribution in [2.24, 2.45) is 0 Å². The van der Waals surface area contributed by atoms with Crippen molar-refractivity contribution in [3.8, 4) is 5.69 Å². The van der Waals surface area contributed by atoms with Gasteiger partial charge in [-0.15, -0.1) is 5.10 Å². The Hall–Kier alpha value is -5.04. The molecule has 5 rings (SSSR count). The molecule has 0 atom stereocenters. The van der Waals surface area contributed by atoms with Gasteiger partial charge in [0.1, 0.15) is 18.1 Å².